The van der Waals surface area contributed by atoms with E-state index < -0.39 is 0 Å². The second-order valence-corrected chi connectivity index (χ2v) is 10.2. The van der Waals surface area contributed by atoms with Crippen molar-refractivity contribution < 1.29 is 23.5 Å². The van der Waals surface area contributed by atoms with Crippen LogP contribution in [0.4, 0.5) is 4.39 Å². The van der Waals surface area contributed by atoms with Crippen LogP contribution in [0.25, 0.3) is 10.9 Å². The summed E-state index contributed by atoms with van der Waals surface area (Å²) in [6, 6.07) is 22.0. The Morgan fingerprint density at radius 1 is 0.829 bits per heavy atom. The molecule has 3 aromatic carbocycles. The topological polar surface area (TPSA) is 82.7 Å². The van der Waals surface area contributed by atoms with Gasteiger partial charge in [0.25, 0.3) is 0 Å². The van der Waals surface area contributed by atoms with Crippen LogP contribution in [0.3, 0.4) is 0 Å². The van der Waals surface area contributed by atoms with Crippen molar-refractivity contribution in [3.05, 3.63) is 107 Å². The van der Waals surface area contributed by atoms with Gasteiger partial charge < -0.3 is 19.5 Å². The number of rotatable bonds is 13. The number of hydrogen-bond donors (Lipinski definition) is 1. The SMILES string of the molecule is COC(=O)CCCC(=O)N(CC(=O)N(CCc1c[nH]c2ccccc12)Cc1ccc(C)cc1)Cc1ccc(F)cc1. The number of benzene rings is 3. The number of esters is 1. The first-order valence-electron chi connectivity index (χ1n) is 13.8. The monoisotopic (exact) mass is 557 g/mol. The van der Waals surface area contributed by atoms with Gasteiger partial charge in [-0.05, 0) is 54.7 Å². The van der Waals surface area contributed by atoms with Crippen molar-refractivity contribution >= 4 is 28.7 Å². The highest BCUT2D eigenvalue weighted by molar-refractivity contribution is 5.85. The molecule has 4 aromatic rings. The number of nitrogens with zero attached hydrogens (tertiary/aromatic N) is 2. The van der Waals surface area contributed by atoms with Gasteiger partial charge in [0.1, 0.15) is 12.4 Å². The molecule has 1 aromatic heterocycles. The van der Waals surface area contributed by atoms with Gasteiger partial charge in [-0.15, -0.1) is 0 Å². The number of aromatic nitrogens is 1. The lowest BCUT2D eigenvalue weighted by Crippen LogP contribution is -2.43. The predicted molar refractivity (Wildman–Crippen MR) is 156 cm³/mol. The van der Waals surface area contributed by atoms with Crippen molar-refractivity contribution in [2.24, 2.45) is 0 Å². The molecule has 0 aliphatic rings. The largest absolute Gasteiger partial charge is 0.469 e. The van der Waals surface area contributed by atoms with Crippen LogP contribution in [0.5, 0.6) is 0 Å². The molecule has 0 fully saturated rings. The Hall–Kier alpha value is -4.46. The average Bonchev–Trinajstić information content (AvgIpc) is 3.39. The highest BCUT2D eigenvalue weighted by Crippen LogP contribution is 2.19. The van der Waals surface area contributed by atoms with E-state index in [1.165, 1.54) is 24.1 Å². The van der Waals surface area contributed by atoms with Gasteiger partial charge in [-0.25, -0.2) is 4.39 Å². The first kappa shape index (κ1) is 29.5. The second kappa shape index (κ2) is 14.3. The molecule has 41 heavy (non-hydrogen) atoms. The Morgan fingerprint density at radius 2 is 1.49 bits per heavy atom. The van der Waals surface area contributed by atoms with Crippen molar-refractivity contribution in [2.45, 2.75) is 45.7 Å². The number of H-pyrrole nitrogens is 1. The molecular formula is C33H36FN3O4. The van der Waals surface area contributed by atoms with Crippen LogP contribution in [0.15, 0.2) is 79.0 Å². The summed E-state index contributed by atoms with van der Waals surface area (Å²) in [4.78, 5) is 45.2. The summed E-state index contributed by atoms with van der Waals surface area (Å²) in [7, 11) is 1.31. The van der Waals surface area contributed by atoms with E-state index in [4.69, 9.17) is 0 Å². The maximum absolute atomic E-state index is 13.8. The number of ether oxygens (including phenoxy) is 1. The maximum atomic E-state index is 13.8. The number of nitrogens with one attached hydrogen (secondary N) is 1. The summed E-state index contributed by atoms with van der Waals surface area (Å²) >= 11 is 0. The summed E-state index contributed by atoms with van der Waals surface area (Å²) < 4.78 is 18.2. The summed E-state index contributed by atoms with van der Waals surface area (Å²) in [6.45, 7) is 2.92. The summed E-state index contributed by atoms with van der Waals surface area (Å²) in [5.41, 5.74) is 5.00. The summed E-state index contributed by atoms with van der Waals surface area (Å²) in [5, 5.41) is 1.12. The molecule has 0 atom stereocenters. The third kappa shape index (κ3) is 8.51. The third-order valence-electron chi connectivity index (χ3n) is 7.14. The maximum Gasteiger partial charge on any atom is 0.305 e. The minimum atomic E-state index is -0.388. The number of aromatic amines is 1. The number of amides is 2. The number of carbonyl (C=O) groups excluding carboxylic acids is 3. The molecule has 0 aliphatic heterocycles. The molecule has 0 bridgehead atoms. The van der Waals surface area contributed by atoms with Crippen LogP contribution in [-0.4, -0.2) is 52.8 Å². The van der Waals surface area contributed by atoms with Crippen LogP contribution < -0.4 is 0 Å². The zero-order valence-corrected chi connectivity index (χ0v) is 23.6. The third-order valence-corrected chi connectivity index (χ3v) is 7.14. The molecule has 0 saturated carbocycles. The highest BCUT2D eigenvalue weighted by Gasteiger charge is 2.22. The minimum absolute atomic E-state index is 0.0941. The fourth-order valence-electron chi connectivity index (χ4n) is 4.75. The van der Waals surface area contributed by atoms with E-state index in [0.717, 1.165) is 27.6 Å². The molecule has 0 saturated heterocycles. The van der Waals surface area contributed by atoms with Crippen molar-refractivity contribution in [2.75, 3.05) is 20.2 Å². The molecule has 8 heteroatoms. The first-order chi connectivity index (χ1) is 19.8. The number of aryl methyl sites for hydroxylation is 1. The molecule has 0 aliphatic carbocycles. The van der Waals surface area contributed by atoms with Crippen molar-refractivity contribution in [3.8, 4) is 0 Å². The highest BCUT2D eigenvalue weighted by atomic mass is 19.1. The van der Waals surface area contributed by atoms with Crippen molar-refractivity contribution in [1.29, 1.82) is 0 Å². The number of carbonyl (C=O) groups is 3. The van der Waals surface area contributed by atoms with Gasteiger partial charge in [0.05, 0.1) is 7.11 Å². The second-order valence-electron chi connectivity index (χ2n) is 10.2. The zero-order chi connectivity index (χ0) is 29.2. The van der Waals surface area contributed by atoms with E-state index >= 15 is 0 Å². The molecule has 1 N–H and O–H groups in total. The fraction of sp³-hybridized carbons (Fsp3) is 0.303. The van der Waals surface area contributed by atoms with Crippen molar-refractivity contribution in [1.82, 2.24) is 14.8 Å². The summed E-state index contributed by atoms with van der Waals surface area (Å²) in [5.74, 6) is -1.20. The number of methoxy groups -OCH3 is 1. The van der Waals surface area contributed by atoms with Gasteiger partial charge in [0.15, 0.2) is 0 Å². The number of para-hydroxylation sites is 1. The lowest BCUT2D eigenvalue weighted by atomic mass is 10.1. The molecule has 2 amide bonds. The first-order valence-corrected chi connectivity index (χ1v) is 13.8. The molecule has 0 unspecified atom stereocenters. The van der Waals surface area contributed by atoms with Crippen LogP contribution in [0.1, 0.15) is 41.5 Å². The van der Waals surface area contributed by atoms with E-state index in [2.05, 4.69) is 15.8 Å². The van der Waals surface area contributed by atoms with E-state index in [-0.39, 0.29) is 49.5 Å². The van der Waals surface area contributed by atoms with Crippen LogP contribution in [0.2, 0.25) is 0 Å². The van der Waals surface area contributed by atoms with Gasteiger partial charge in [0, 0.05) is 49.6 Å². The predicted octanol–water partition coefficient (Wildman–Crippen LogP) is 5.56. The van der Waals surface area contributed by atoms with Gasteiger partial charge in [-0.2, -0.15) is 0 Å². The number of fused-ring (bicyclic) bond motifs is 1. The minimum Gasteiger partial charge on any atom is -0.469 e. The Morgan fingerprint density at radius 3 is 2.20 bits per heavy atom. The van der Waals surface area contributed by atoms with Gasteiger partial charge in [-0.3, -0.25) is 14.4 Å². The Labute approximate surface area is 239 Å². The molecule has 0 spiro atoms. The van der Waals surface area contributed by atoms with Gasteiger partial charge in [0.2, 0.25) is 11.8 Å². The normalized spacial score (nSPS) is 10.9. The Kier molecular flexibility index (Phi) is 10.3. The molecule has 4 rings (SSSR count). The average molecular weight is 558 g/mol. The Bertz CT molecular complexity index is 1460. The number of halogens is 1. The molecule has 0 radical (unpaired) electrons. The summed E-state index contributed by atoms with van der Waals surface area (Å²) in [6.07, 6.45) is 3.15. The van der Waals surface area contributed by atoms with Gasteiger partial charge >= 0.3 is 5.97 Å². The zero-order valence-electron chi connectivity index (χ0n) is 23.6. The van der Waals surface area contributed by atoms with Crippen LogP contribution in [-0.2, 0) is 38.6 Å². The standard InChI is InChI=1S/C33H36FN3O4/c1-24-10-12-25(13-11-24)21-36(19-18-27-20-35-30-7-4-3-6-29(27)30)32(39)23-37(22-26-14-16-28(34)17-15-26)31(38)8-5-9-33(40)41-2/h3-4,6-7,10-17,20,35H,5,8-9,18-19,21-23H2,1-2H3. The Balaban J connectivity index is 1.52. The smallest absolute Gasteiger partial charge is 0.305 e. The molecular weight excluding hydrogens is 521 g/mol. The van der Waals surface area contributed by atoms with Gasteiger partial charge in [-0.1, -0.05) is 60.2 Å². The van der Waals surface area contributed by atoms with Crippen molar-refractivity contribution in [3.63, 3.8) is 0 Å². The van der Waals surface area contributed by atoms with E-state index in [0.29, 0.717) is 31.5 Å². The van der Waals surface area contributed by atoms with E-state index in [1.54, 1.807) is 17.0 Å². The van der Waals surface area contributed by atoms with E-state index in [1.807, 2.05) is 55.6 Å². The van der Waals surface area contributed by atoms with Crippen LogP contribution in [0, 0.1) is 12.7 Å². The quantitative estimate of drug-likeness (QED) is 0.218. The fourth-order valence-corrected chi connectivity index (χ4v) is 4.75. The van der Waals surface area contributed by atoms with E-state index in [9.17, 15) is 18.8 Å². The molecule has 1 heterocycles. The molecule has 7 nitrogen and oxygen atoms in total. The molecule has 214 valence electrons. The number of hydrogen-bond acceptors (Lipinski definition) is 4. The van der Waals surface area contributed by atoms with Crippen LogP contribution >= 0.6 is 0 Å². The lowest BCUT2D eigenvalue weighted by molar-refractivity contribution is -0.143. The lowest BCUT2D eigenvalue weighted by Gasteiger charge is -2.28.